The molecule has 0 aromatic heterocycles. The number of ether oxygens (including phenoxy) is 1. The quantitative estimate of drug-likeness (QED) is 0.789. The number of piperidine rings is 1. The van der Waals surface area contributed by atoms with Gasteiger partial charge in [-0.05, 0) is 44.0 Å². The highest BCUT2D eigenvalue weighted by Crippen LogP contribution is 2.22. The maximum atomic E-state index is 13.0. The van der Waals surface area contributed by atoms with Crippen LogP contribution in [0.2, 0.25) is 5.02 Å². The summed E-state index contributed by atoms with van der Waals surface area (Å²) in [6.07, 6.45) is 1.68. The molecule has 2 aliphatic heterocycles. The second-order valence-electron chi connectivity index (χ2n) is 7.22. The van der Waals surface area contributed by atoms with Crippen molar-refractivity contribution >= 4 is 23.6 Å². The minimum atomic E-state index is -0.282. The van der Waals surface area contributed by atoms with Crippen LogP contribution in [0.4, 0.5) is 4.79 Å². The molecule has 0 bridgehead atoms. The average molecular weight is 394 g/mol. The molecule has 2 fully saturated rings. The molecule has 27 heavy (non-hydrogen) atoms. The molecule has 0 N–H and O–H groups in total. The minimum absolute atomic E-state index is 0.0343. The first-order chi connectivity index (χ1) is 13.1. The first-order valence-corrected chi connectivity index (χ1v) is 10.1. The molecule has 2 aliphatic rings. The van der Waals surface area contributed by atoms with E-state index in [-0.39, 0.29) is 17.9 Å². The van der Waals surface area contributed by atoms with Crippen LogP contribution in [0.25, 0.3) is 0 Å². The second kappa shape index (κ2) is 9.42. The van der Waals surface area contributed by atoms with Gasteiger partial charge in [-0.1, -0.05) is 23.7 Å². The van der Waals surface area contributed by atoms with E-state index in [1.54, 1.807) is 11.8 Å². The van der Waals surface area contributed by atoms with Gasteiger partial charge in [0, 0.05) is 44.3 Å². The zero-order chi connectivity index (χ0) is 19.2. The van der Waals surface area contributed by atoms with Gasteiger partial charge < -0.3 is 14.5 Å². The summed E-state index contributed by atoms with van der Waals surface area (Å²) in [5.41, 5.74) is 1.18. The van der Waals surface area contributed by atoms with Gasteiger partial charge in [0.25, 0.3) is 0 Å². The molecule has 1 unspecified atom stereocenters. The van der Waals surface area contributed by atoms with Crippen LogP contribution in [0.3, 0.4) is 0 Å². The van der Waals surface area contributed by atoms with Crippen LogP contribution in [-0.4, -0.2) is 72.6 Å². The van der Waals surface area contributed by atoms with Gasteiger partial charge in [0.05, 0.1) is 12.5 Å². The normalized spacial score (nSPS) is 21.2. The van der Waals surface area contributed by atoms with E-state index in [0.29, 0.717) is 32.8 Å². The SMILES string of the molecule is CCOC(=O)N1CCN(C(=O)C2CCCN(Cc3cccc(Cl)c3)C2)CC1. The van der Waals surface area contributed by atoms with E-state index in [2.05, 4.69) is 11.0 Å². The van der Waals surface area contributed by atoms with Crippen molar-refractivity contribution in [3.63, 3.8) is 0 Å². The van der Waals surface area contributed by atoms with Crippen molar-refractivity contribution in [2.75, 3.05) is 45.9 Å². The summed E-state index contributed by atoms with van der Waals surface area (Å²) in [7, 11) is 0. The molecule has 0 aliphatic carbocycles. The fourth-order valence-electron chi connectivity index (χ4n) is 3.88. The largest absolute Gasteiger partial charge is 0.450 e. The highest BCUT2D eigenvalue weighted by atomic mass is 35.5. The van der Waals surface area contributed by atoms with Crippen molar-refractivity contribution in [3.8, 4) is 0 Å². The lowest BCUT2D eigenvalue weighted by molar-refractivity contribution is -0.139. The van der Waals surface area contributed by atoms with E-state index < -0.39 is 0 Å². The third-order valence-electron chi connectivity index (χ3n) is 5.27. The van der Waals surface area contributed by atoms with Crippen molar-refractivity contribution in [2.24, 2.45) is 5.92 Å². The molecule has 2 heterocycles. The fraction of sp³-hybridized carbons (Fsp3) is 0.600. The fourth-order valence-corrected chi connectivity index (χ4v) is 4.09. The third-order valence-corrected chi connectivity index (χ3v) is 5.50. The lowest BCUT2D eigenvalue weighted by Gasteiger charge is -2.38. The molecule has 0 spiro atoms. The van der Waals surface area contributed by atoms with Crippen LogP contribution in [0.15, 0.2) is 24.3 Å². The average Bonchev–Trinajstić information content (AvgIpc) is 2.68. The second-order valence-corrected chi connectivity index (χ2v) is 7.65. The highest BCUT2D eigenvalue weighted by Gasteiger charge is 2.32. The van der Waals surface area contributed by atoms with Crippen molar-refractivity contribution in [1.29, 1.82) is 0 Å². The molecule has 6 nitrogen and oxygen atoms in total. The summed E-state index contributed by atoms with van der Waals surface area (Å²) in [6, 6.07) is 7.91. The Balaban J connectivity index is 1.51. The number of benzene rings is 1. The van der Waals surface area contributed by atoms with Crippen LogP contribution >= 0.6 is 11.6 Å². The number of likely N-dealkylation sites (tertiary alicyclic amines) is 1. The standard InChI is InChI=1S/C20H28ClN3O3/c1-2-27-20(26)24-11-9-23(10-12-24)19(25)17-6-4-8-22(15-17)14-16-5-3-7-18(21)13-16/h3,5,7,13,17H,2,4,6,8-12,14-15H2,1H3. The Morgan fingerprint density at radius 1 is 1.15 bits per heavy atom. The minimum Gasteiger partial charge on any atom is -0.450 e. The number of hydrogen-bond donors (Lipinski definition) is 0. The zero-order valence-electron chi connectivity index (χ0n) is 15.9. The van der Waals surface area contributed by atoms with Crippen LogP contribution < -0.4 is 0 Å². The summed E-state index contributed by atoms with van der Waals surface area (Å²) >= 11 is 6.08. The molecule has 0 radical (unpaired) electrons. The molecular weight excluding hydrogens is 366 g/mol. The first-order valence-electron chi connectivity index (χ1n) is 9.74. The molecular formula is C20H28ClN3O3. The monoisotopic (exact) mass is 393 g/mol. The van der Waals surface area contributed by atoms with E-state index >= 15 is 0 Å². The maximum Gasteiger partial charge on any atom is 0.409 e. The Morgan fingerprint density at radius 2 is 1.89 bits per heavy atom. The summed E-state index contributed by atoms with van der Waals surface area (Å²) < 4.78 is 5.04. The number of piperazine rings is 1. The Morgan fingerprint density at radius 3 is 2.59 bits per heavy atom. The Kier molecular flexibility index (Phi) is 6.96. The topological polar surface area (TPSA) is 53.1 Å². The van der Waals surface area contributed by atoms with Gasteiger partial charge in [0.2, 0.25) is 5.91 Å². The highest BCUT2D eigenvalue weighted by molar-refractivity contribution is 6.30. The van der Waals surface area contributed by atoms with Crippen LogP contribution in [0.1, 0.15) is 25.3 Å². The maximum absolute atomic E-state index is 13.0. The Bertz CT molecular complexity index is 662. The summed E-state index contributed by atoms with van der Waals surface area (Å²) in [5.74, 6) is 0.251. The van der Waals surface area contributed by atoms with Crippen LogP contribution in [-0.2, 0) is 16.1 Å². The number of nitrogens with zero attached hydrogens (tertiary/aromatic N) is 3. The van der Waals surface area contributed by atoms with Gasteiger partial charge in [-0.3, -0.25) is 9.69 Å². The smallest absolute Gasteiger partial charge is 0.409 e. The van der Waals surface area contributed by atoms with E-state index in [0.717, 1.165) is 37.5 Å². The van der Waals surface area contributed by atoms with E-state index in [1.165, 1.54) is 5.56 Å². The Hall–Kier alpha value is -1.79. The predicted molar refractivity (Wildman–Crippen MR) is 105 cm³/mol. The van der Waals surface area contributed by atoms with Gasteiger partial charge >= 0.3 is 6.09 Å². The molecule has 1 aromatic rings. The lowest BCUT2D eigenvalue weighted by Crippen LogP contribution is -2.53. The number of hydrogen-bond acceptors (Lipinski definition) is 4. The van der Waals surface area contributed by atoms with Crippen molar-refractivity contribution in [1.82, 2.24) is 14.7 Å². The van der Waals surface area contributed by atoms with E-state index in [4.69, 9.17) is 16.3 Å². The molecule has 2 amide bonds. The number of rotatable bonds is 4. The molecule has 1 atom stereocenters. The number of carbonyl (C=O) groups is 2. The van der Waals surface area contributed by atoms with Gasteiger partial charge in [-0.25, -0.2) is 4.79 Å². The van der Waals surface area contributed by atoms with Crippen molar-refractivity contribution in [2.45, 2.75) is 26.3 Å². The summed E-state index contributed by atoms with van der Waals surface area (Å²) in [5, 5.41) is 0.747. The molecule has 3 rings (SSSR count). The zero-order valence-corrected chi connectivity index (χ0v) is 16.7. The van der Waals surface area contributed by atoms with Crippen molar-refractivity contribution in [3.05, 3.63) is 34.9 Å². The first kappa shape index (κ1) is 20.0. The number of amides is 2. The van der Waals surface area contributed by atoms with Crippen LogP contribution in [0, 0.1) is 5.92 Å². The van der Waals surface area contributed by atoms with E-state index in [9.17, 15) is 9.59 Å². The molecule has 7 heteroatoms. The lowest BCUT2D eigenvalue weighted by atomic mass is 9.95. The number of carbonyl (C=O) groups excluding carboxylic acids is 2. The van der Waals surface area contributed by atoms with Crippen LogP contribution in [0.5, 0.6) is 0 Å². The summed E-state index contributed by atoms with van der Waals surface area (Å²) in [6.45, 7) is 7.05. The summed E-state index contributed by atoms with van der Waals surface area (Å²) in [4.78, 5) is 30.7. The molecule has 2 saturated heterocycles. The van der Waals surface area contributed by atoms with Gasteiger partial charge in [-0.15, -0.1) is 0 Å². The molecule has 0 saturated carbocycles. The van der Waals surface area contributed by atoms with E-state index in [1.807, 2.05) is 23.1 Å². The van der Waals surface area contributed by atoms with Gasteiger partial charge in [0.1, 0.15) is 0 Å². The molecule has 148 valence electrons. The Labute approximate surface area is 166 Å². The van der Waals surface area contributed by atoms with Gasteiger partial charge in [-0.2, -0.15) is 0 Å². The predicted octanol–water partition coefficient (Wildman–Crippen LogP) is 2.85. The van der Waals surface area contributed by atoms with Crippen molar-refractivity contribution < 1.29 is 14.3 Å². The van der Waals surface area contributed by atoms with Gasteiger partial charge in [0.15, 0.2) is 0 Å². The third kappa shape index (κ3) is 5.36. The molecule has 1 aromatic carbocycles. The number of halogens is 1.